The number of Topliss-reactive ketones (excluding diaryl/α,β-unsaturated/α-hetero) is 1. The minimum Gasteiger partial charge on any atom is -0.297 e. The van der Waals surface area contributed by atoms with Crippen molar-refractivity contribution in [2.75, 3.05) is 0 Å². The van der Waals surface area contributed by atoms with Gasteiger partial charge >= 0.3 is 0 Å². The van der Waals surface area contributed by atoms with Crippen LogP contribution in [-0.2, 0) is 14.8 Å². The summed E-state index contributed by atoms with van der Waals surface area (Å²) in [6.07, 6.45) is 9.67. The molecule has 2 N–H and O–H groups in total. The molecule has 1 heterocycles. The summed E-state index contributed by atoms with van der Waals surface area (Å²) < 4.78 is 23.8. The number of nitrogens with zero attached hydrogens (tertiary/aromatic N) is 1. The fourth-order valence-corrected chi connectivity index (χ4v) is 3.58. The molecular formula is C17H26N2O3S. The van der Waals surface area contributed by atoms with Gasteiger partial charge < -0.3 is 0 Å². The Bertz CT molecular complexity index is 612. The summed E-state index contributed by atoms with van der Waals surface area (Å²) in [6.45, 7) is 3.87. The van der Waals surface area contributed by atoms with Gasteiger partial charge in [0.25, 0.3) is 0 Å². The van der Waals surface area contributed by atoms with Gasteiger partial charge in [-0.25, -0.2) is 13.6 Å². The second kappa shape index (κ2) is 9.57. The number of aromatic nitrogens is 1. The summed E-state index contributed by atoms with van der Waals surface area (Å²) in [5, 5.41) is 3.93. The molecule has 0 amide bonds. The molecule has 0 aliphatic rings. The first-order valence-electron chi connectivity index (χ1n) is 7.99. The predicted molar refractivity (Wildman–Crippen MR) is 92.2 cm³/mol. The van der Waals surface area contributed by atoms with Crippen LogP contribution in [-0.4, -0.2) is 19.2 Å². The topological polar surface area (TPSA) is 90.1 Å². The van der Waals surface area contributed by atoms with Gasteiger partial charge in [0.1, 0.15) is 0 Å². The molecule has 23 heavy (non-hydrogen) atoms. The van der Waals surface area contributed by atoms with Crippen LogP contribution in [0.2, 0.25) is 0 Å². The van der Waals surface area contributed by atoms with Crippen LogP contribution in [0, 0.1) is 5.92 Å². The standard InChI is InChI=1S/C17H26N2O3S/c1-3-5-6-7-8-11-14(4-2)16(20)17(23(18,21)22)15-12-9-10-13-19-15/h3,5,9-10,12-14,17H,4,6-8,11H2,1-2H3,(H2,18,21,22). The van der Waals surface area contributed by atoms with E-state index in [1.54, 1.807) is 12.1 Å². The molecule has 6 heteroatoms. The van der Waals surface area contributed by atoms with Crippen LogP contribution in [0.4, 0.5) is 0 Å². The number of carbonyl (C=O) groups excluding carboxylic acids is 1. The molecule has 1 rings (SSSR count). The third-order valence-electron chi connectivity index (χ3n) is 3.85. The van der Waals surface area contributed by atoms with Crippen LogP contribution in [0.5, 0.6) is 0 Å². The van der Waals surface area contributed by atoms with E-state index in [-0.39, 0.29) is 17.4 Å². The van der Waals surface area contributed by atoms with Gasteiger partial charge in [0.15, 0.2) is 11.0 Å². The Morgan fingerprint density at radius 1 is 1.35 bits per heavy atom. The summed E-state index contributed by atoms with van der Waals surface area (Å²) in [5.41, 5.74) is 0.201. The van der Waals surface area contributed by atoms with Crippen molar-refractivity contribution in [2.45, 2.75) is 51.2 Å². The monoisotopic (exact) mass is 338 g/mol. The van der Waals surface area contributed by atoms with Gasteiger partial charge in [-0.1, -0.05) is 31.6 Å². The van der Waals surface area contributed by atoms with Crippen molar-refractivity contribution in [3.05, 3.63) is 42.2 Å². The summed E-state index contributed by atoms with van der Waals surface area (Å²) >= 11 is 0. The summed E-state index contributed by atoms with van der Waals surface area (Å²) in [7, 11) is -4.03. The molecule has 2 unspecified atom stereocenters. The van der Waals surface area contributed by atoms with Crippen molar-refractivity contribution >= 4 is 15.8 Å². The van der Waals surface area contributed by atoms with Crippen molar-refractivity contribution in [3.8, 4) is 0 Å². The van der Waals surface area contributed by atoms with Crippen LogP contribution in [0.25, 0.3) is 0 Å². The van der Waals surface area contributed by atoms with Crippen molar-refractivity contribution < 1.29 is 13.2 Å². The SMILES string of the molecule is CC=CCCCCC(CC)C(=O)C(c1ccccn1)S(N)(=O)=O. The average Bonchev–Trinajstić information content (AvgIpc) is 2.50. The first kappa shape index (κ1) is 19.5. The Morgan fingerprint density at radius 3 is 2.61 bits per heavy atom. The van der Waals surface area contributed by atoms with Gasteiger partial charge in [0.05, 0.1) is 5.69 Å². The van der Waals surface area contributed by atoms with Gasteiger partial charge in [-0.2, -0.15) is 0 Å². The molecule has 0 bridgehead atoms. The molecule has 2 atom stereocenters. The molecule has 1 aromatic heterocycles. The molecule has 0 aliphatic heterocycles. The van der Waals surface area contributed by atoms with E-state index in [0.29, 0.717) is 12.8 Å². The normalized spacial score (nSPS) is 14.7. The lowest BCUT2D eigenvalue weighted by molar-refractivity contribution is -0.123. The van der Waals surface area contributed by atoms with Gasteiger partial charge in [0.2, 0.25) is 10.0 Å². The van der Waals surface area contributed by atoms with E-state index < -0.39 is 15.3 Å². The summed E-state index contributed by atoms with van der Waals surface area (Å²) in [4.78, 5) is 16.7. The Balaban J connectivity index is 2.86. The Hall–Kier alpha value is -1.53. The smallest absolute Gasteiger partial charge is 0.224 e. The molecule has 0 fully saturated rings. The second-order valence-electron chi connectivity index (χ2n) is 5.58. The predicted octanol–water partition coefficient (Wildman–Crippen LogP) is 3.14. The molecule has 0 spiro atoms. The molecule has 0 aliphatic carbocycles. The number of carbonyl (C=O) groups is 1. The van der Waals surface area contributed by atoms with Crippen molar-refractivity contribution in [1.82, 2.24) is 4.98 Å². The zero-order valence-electron chi connectivity index (χ0n) is 13.8. The van der Waals surface area contributed by atoms with Crippen molar-refractivity contribution in [1.29, 1.82) is 0 Å². The number of primary sulfonamides is 1. The van der Waals surface area contributed by atoms with E-state index in [9.17, 15) is 13.2 Å². The van der Waals surface area contributed by atoms with Crippen LogP contribution >= 0.6 is 0 Å². The first-order valence-corrected chi connectivity index (χ1v) is 9.60. The van der Waals surface area contributed by atoms with Crippen LogP contribution in [0.1, 0.15) is 56.9 Å². The molecule has 0 aromatic carbocycles. The zero-order chi connectivity index (χ0) is 17.3. The number of hydrogen-bond acceptors (Lipinski definition) is 4. The van der Waals surface area contributed by atoms with Crippen LogP contribution in [0.15, 0.2) is 36.5 Å². The quantitative estimate of drug-likeness (QED) is 0.524. The van der Waals surface area contributed by atoms with E-state index in [2.05, 4.69) is 11.1 Å². The lowest BCUT2D eigenvalue weighted by Gasteiger charge is -2.19. The number of hydrogen-bond donors (Lipinski definition) is 1. The number of sulfonamides is 1. The van der Waals surface area contributed by atoms with E-state index in [4.69, 9.17) is 5.14 Å². The Kier molecular flexibility index (Phi) is 8.12. The highest BCUT2D eigenvalue weighted by atomic mass is 32.2. The number of pyridine rings is 1. The van der Waals surface area contributed by atoms with Crippen molar-refractivity contribution in [3.63, 3.8) is 0 Å². The fraction of sp³-hybridized carbons (Fsp3) is 0.529. The van der Waals surface area contributed by atoms with Gasteiger partial charge in [-0.3, -0.25) is 9.78 Å². The molecule has 5 nitrogen and oxygen atoms in total. The van der Waals surface area contributed by atoms with Gasteiger partial charge in [0, 0.05) is 12.1 Å². The maximum Gasteiger partial charge on any atom is 0.224 e. The van der Waals surface area contributed by atoms with E-state index >= 15 is 0 Å². The molecule has 0 saturated heterocycles. The maximum atomic E-state index is 12.7. The number of rotatable bonds is 10. The lowest BCUT2D eigenvalue weighted by Crippen LogP contribution is -2.33. The maximum absolute atomic E-state index is 12.7. The number of allylic oxidation sites excluding steroid dienone is 2. The largest absolute Gasteiger partial charge is 0.297 e. The molecule has 0 radical (unpaired) electrons. The molecule has 128 valence electrons. The van der Waals surface area contributed by atoms with Gasteiger partial charge in [-0.15, -0.1) is 0 Å². The molecule has 1 aromatic rings. The molecular weight excluding hydrogens is 312 g/mol. The highest BCUT2D eigenvalue weighted by molar-refractivity contribution is 7.90. The minimum atomic E-state index is -4.03. The van der Waals surface area contributed by atoms with E-state index in [1.807, 2.05) is 19.9 Å². The Labute approximate surface area is 139 Å². The third kappa shape index (κ3) is 6.23. The third-order valence-corrected chi connectivity index (χ3v) is 4.98. The first-order chi connectivity index (χ1) is 10.9. The summed E-state index contributed by atoms with van der Waals surface area (Å²) in [5.74, 6) is -0.661. The highest BCUT2D eigenvalue weighted by Gasteiger charge is 2.36. The number of ketones is 1. The minimum absolute atomic E-state index is 0.201. The zero-order valence-corrected chi connectivity index (χ0v) is 14.6. The fourth-order valence-electron chi connectivity index (χ4n) is 2.59. The van der Waals surface area contributed by atoms with Crippen LogP contribution < -0.4 is 5.14 Å². The highest BCUT2D eigenvalue weighted by Crippen LogP contribution is 2.27. The van der Waals surface area contributed by atoms with E-state index in [0.717, 1.165) is 19.3 Å². The lowest BCUT2D eigenvalue weighted by atomic mass is 9.91. The van der Waals surface area contributed by atoms with Crippen LogP contribution in [0.3, 0.4) is 0 Å². The number of unbranched alkanes of at least 4 members (excludes halogenated alkanes) is 2. The average molecular weight is 338 g/mol. The Morgan fingerprint density at radius 2 is 2.09 bits per heavy atom. The van der Waals surface area contributed by atoms with E-state index in [1.165, 1.54) is 12.3 Å². The summed E-state index contributed by atoms with van der Waals surface area (Å²) in [6, 6.07) is 4.87. The van der Waals surface area contributed by atoms with Crippen molar-refractivity contribution in [2.24, 2.45) is 11.1 Å². The van der Waals surface area contributed by atoms with Gasteiger partial charge in [-0.05, 0) is 44.7 Å². The molecule has 0 saturated carbocycles. The number of nitrogens with two attached hydrogens (primary N) is 1. The second-order valence-corrected chi connectivity index (χ2v) is 7.23.